The minimum absolute atomic E-state index is 0.0340. The van der Waals surface area contributed by atoms with Crippen LogP contribution in [0.5, 0.6) is 0 Å². The second kappa shape index (κ2) is 8.44. The summed E-state index contributed by atoms with van der Waals surface area (Å²) in [5.74, 6) is -0.276. The summed E-state index contributed by atoms with van der Waals surface area (Å²) in [5.41, 5.74) is 2.77. The van der Waals surface area contributed by atoms with Crippen molar-refractivity contribution in [1.29, 1.82) is 5.26 Å². The van der Waals surface area contributed by atoms with Crippen LogP contribution in [-0.2, 0) is 4.79 Å². The van der Waals surface area contributed by atoms with Crippen LogP contribution < -0.4 is 5.32 Å². The largest absolute Gasteiger partial charge is 0.459 e. The van der Waals surface area contributed by atoms with Crippen molar-refractivity contribution in [1.82, 2.24) is 9.80 Å². The molecule has 1 aliphatic rings. The third kappa shape index (κ3) is 4.23. The molecule has 1 fully saturated rings. The number of carbonyl (C=O) groups excluding carboxylic acids is 2. The third-order valence-electron chi connectivity index (χ3n) is 4.86. The summed E-state index contributed by atoms with van der Waals surface area (Å²) in [6.07, 6.45) is 3.04. The Balaban J connectivity index is 1.62. The number of nitriles is 1. The van der Waals surface area contributed by atoms with E-state index in [0.29, 0.717) is 37.6 Å². The highest BCUT2D eigenvalue weighted by Crippen LogP contribution is 2.19. The standard InChI is InChI=1S/C21H22N4O3/c1-15-5-3-6-18(16(15)2)23-20(26)17(13-22)14-24-8-10-25(11-9-24)21(27)19-7-4-12-28-19/h3-7,12,14H,8-11H2,1-2H3,(H,23,26)/b17-14-. The molecule has 0 bridgehead atoms. The first-order valence-corrected chi connectivity index (χ1v) is 9.06. The number of aryl methyl sites for hydroxylation is 1. The second-order valence-electron chi connectivity index (χ2n) is 6.66. The van der Waals surface area contributed by atoms with Crippen LogP contribution in [0.15, 0.2) is 52.8 Å². The summed E-state index contributed by atoms with van der Waals surface area (Å²) < 4.78 is 5.15. The van der Waals surface area contributed by atoms with E-state index >= 15 is 0 Å². The van der Waals surface area contributed by atoms with Gasteiger partial charge in [0.25, 0.3) is 11.8 Å². The lowest BCUT2D eigenvalue weighted by molar-refractivity contribution is -0.112. The van der Waals surface area contributed by atoms with Crippen LogP contribution in [0.4, 0.5) is 5.69 Å². The van der Waals surface area contributed by atoms with Gasteiger partial charge in [-0.2, -0.15) is 5.26 Å². The Morgan fingerprint density at radius 3 is 2.54 bits per heavy atom. The zero-order valence-corrected chi connectivity index (χ0v) is 15.9. The number of nitrogens with one attached hydrogen (secondary N) is 1. The number of piperazine rings is 1. The van der Waals surface area contributed by atoms with Crippen molar-refractivity contribution in [2.24, 2.45) is 0 Å². The molecule has 0 aliphatic carbocycles. The van der Waals surface area contributed by atoms with Crippen LogP contribution in [0, 0.1) is 25.2 Å². The Morgan fingerprint density at radius 1 is 1.14 bits per heavy atom. The molecule has 1 saturated heterocycles. The van der Waals surface area contributed by atoms with Gasteiger partial charge in [-0.25, -0.2) is 0 Å². The molecule has 1 aromatic carbocycles. The molecule has 2 heterocycles. The van der Waals surface area contributed by atoms with Crippen LogP contribution in [0.3, 0.4) is 0 Å². The van der Waals surface area contributed by atoms with Gasteiger partial charge in [-0.15, -0.1) is 0 Å². The molecule has 7 heteroatoms. The molecule has 0 unspecified atom stereocenters. The number of amides is 2. The predicted octanol–water partition coefficient (Wildman–Crippen LogP) is 2.70. The van der Waals surface area contributed by atoms with Gasteiger partial charge in [0.05, 0.1) is 6.26 Å². The first-order valence-electron chi connectivity index (χ1n) is 9.06. The first-order chi connectivity index (χ1) is 13.5. The molecule has 2 amide bonds. The Bertz CT molecular complexity index is 933. The fourth-order valence-corrected chi connectivity index (χ4v) is 3.01. The first kappa shape index (κ1) is 19.2. The highest BCUT2D eigenvalue weighted by Gasteiger charge is 2.23. The number of hydrogen-bond donors (Lipinski definition) is 1. The van der Waals surface area contributed by atoms with Crippen molar-refractivity contribution in [3.8, 4) is 6.07 Å². The molecule has 0 saturated carbocycles. The van der Waals surface area contributed by atoms with E-state index in [2.05, 4.69) is 5.32 Å². The summed E-state index contributed by atoms with van der Waals surface area (Å²) in [5, 5.41) is 12.2. The molecule has 144 valence electrons. The van der Waals surface area contributed by atoms with E-state index in [-0.39, 0.29) is 11.5 Å². The quantitative estimate of drug-likeness (QED) is 0.653. The zero-order valence-electron chi connectivity index (χ0n) is 15.9. The van der Waals surface area contributed by atoms with E-state index in [4.69, 9.17) is 4.42 Å². The Hall–Kier alpha value is -3.53. The van der Waals surface area contributed by atoms with Crippen LogP contribution in [0.1, 0.15) is 21.7 Å². The maximum atomic E-state index is 12.5. The van der Waals surface area contributed by atoms with Gasteiger partial charge < -0.3 is 19.5 Å². The number of hydrogen-bond acceptors (Lipinski definition) is 5. The molecule has 1 N–H and O–H groups in total. The van der Waals surface area contributed by atoms with Crippen molar-refractivity contribution in [2.75, 3.05) is 31.5 Å². The van der Waals surface area contributed by atoms with Crippen molar-refractivity contribution in [3.05, 3.63) is 65.3 Å². The minimum Gasteiger partial charge on any atom is -0.459 e. The lowest BCUT2D eigenvalue weighted by Crippen LogP contribution is -2.47. The maximum absolute atomic E-state index is 12.5. The lowest BCUT2D eigenvalue weighted by Gasteiger charge is -2.33. The molecule has 0 radical (unpaired) electrons. The lowest BCUT2D eigenvalue weighted by atomic mass is 10.1. The van der Waals surface area contributed by atoms with Gasteiger partial charge in [0, 0.05) is 38.1 Å². The normalized spacial score (nSPS) is 14.5. The van der Waals surface area contributed by atoms with Crippen LogP contribution in [0.25, 0.3) is 0 Å². The molecule has 1 aromatic heterocycles. The van der Waals surface area contributed by atoms with Crippen molar-refractivity contribution in [2.45, 2.75) is 13.8 Å². The third-order valence-corrected chi connectivity index (χ3v) is 4.86. The highest BCUT2D eigenvalue weighted by molar-refractivity contribution is 6.06. The predicted molar refractivity (Wildman–Crippen MR) is 104 cm³/mol. The molecule has 7 nitrogen and oxygen atoms in total. The van der Waals surface area contributed by atoms with Crippen molar-refractivity contribution in [3.63, 3.8) is 0 Å². The number of nitrogens with zero attached hydrogens (tertiary/aromatic N) is 3. The minimum atomic E-state index is -0.440. The monoisotopic (exact) mass is 378 g/mol. The van der Waals surface area contributed by atoms with Gasteiger partial charge in [-0.1, -0.05) is 12.1 Å². The van der Waals surface area contributed by atoms with E-state index in [0.717, 1.165) is 11.1 Å². The number of anilines is 1. The molecular weight excluding hydrogens is 356 g/mol. The Labute approximate surface area is 163 Å². The topological polar surface area (TPSA) is 89.6 Å². The molecule has 3 rings (SSSR count). The summed E-state index contributed by atoms with van der Waals surface area (Å²) in [7, 11) is 0. The van der Waals surface area contributed by atoms with Crippen LogP contribution in [-0.4, -0.2) is 47.8 Å². The molecular formula is C21H22N4O3. The SMILES string of the molecule is Cc1cccc(NC(=O)/C(C#N)=C\N2CCN(C(=O)c3ccco3)CC2)c1C. The Kier molecular flexibility index (Phi) is 5.80. The van der Waals surface area contributed by atoms with E-state index in [1.165, 1.54) is 6.26 Å². The molecule has 28 heavy (non-hydrogen) atoms. The van der Waals surface area contributed by atoms with Crippen molar-refractivity contribution < 1.29 is 14.0 Å². The van der Waals surface area contributed by atoms with Gasteiger partial charge in [0.15, 0.2) is 5.76 Å². The fourth-order valence-electron chi connectivity index (χ4n) is 3.01. The smallest absolute Gasteiger partial charge is 0.289 e. The van der Waals surface area contributed by atoms with E-state index in [1.807, 2.05) is 43.0 Å². The van der Waals surface area contributed by atoms with E-state index in [9.17, 15) is 14.9 Å². The number of carbonyl (C=O) groups is 2. The van der Waals surface area contributed by atoms with Gasteiger partial charge >= 0.3 is 0 Å². The molecule has 2 aromatic rings. The number of benzene rings is 1. The summed E-state index contributed by atoms with van der Waals surface area (Å²) in [4.78, 5) is 28.4. The van der Waals surface area contributed by atoms with Gasteiger partial charge in [-0.05, 0) is 43.2 Å². The average molecular weight is 378 g/mol. The van der Waals surface area contributed by atoms with Gasteiger partial charge in [0.1, 0.15) is 11.6 Å². The molecule has 0 atom stereocenters. The number of furan rings is 1. The Morgan fingerprint density at radius 2 is 1.89 bits per heavy atom. The summed E-state index contributed by atoms with van der Waals surface area (Å²) in [6, 6.07) is 10.9. The van der Waals surface area contributed by atoms with E-state index < -0.39 is 5.91 Å². The number of rotatable bonds is 4. The highest BCUT2D eigenvalue weighted by atomic mass is 16.3. The van der Waals surface area contributed by atoms with Gasteiger partial charge in [-0.3, -0.25) is 9.59 Å². The summed E-state index contributed by atoms with van der Waals surface area (Å²) in [6.45, 7) is 5.95. The van der Waals surface area contributed by atoms with Gasteiger partial charge in [0.2, 0.25) is 0 Å². The maximum Gasteiger partial charge on any atom is 0.289 e. The van der Waals surface area contributed by atoms with E-state index in [1.54, 1.807) is 23.2 Å². The van der Waals surface area contributed by atoms with Crippen molar-refractivity contribution >= 4 is 17.5 Å². The second-order valence-corrected chi connectivity index (χ2v) is 6.66. The average Bonchev–Trinajstić information content (AvgIpc) is 3.24. The summed E-state index contributed by atoms with van der Waals surface area (Å²) >= 11 is 0. The molecule has 0 spiro atoms. The van der Waals surface area contributed by atoms with Crippen LogP contribution in [0.2, 0.25) is 0 Å². The van der Waals surface area contributed by atoms with Crippen LogP contribution >= 0.6 is 0 Å². The zero-order chi connectivity index (χ0) is 20.1. The fraction of sp³-hybridized carbons (Fsp3) is 0.286. The molecule has 1 aliphatic heterocycles.